The Bertz CT molecular complexity index is 1340. The average Bonchev–Trinajstić information content (AvgIpc) is 3.73. The van der Waals surface area contributed by atoms with E-state index in [0.29, 0.717) is 25.0 Å². The molecule has 1 saturated carbocycles. The molecule has 1 aliphatic carbocycles. The molecule has 0 bridgehead atoms. The van der Waals surface area contributed by atoms with Crippen LogP contribution in [0.3, 0.4) is 0 Å². The quantitative estimate of drug-likeness (QED) is 0.312. The number of nitrogens with zero attached hydrogens (tertiary/aromatic N) is 2. The fourth-order valence-electron chi connectivity index (χ4n) is 5.25. The summed E-state index contributed by atoms with van der Waals surface area (Å²) in [4.78, 5) is 28.2. The maximum atomic E-state index is 13.8. The lowest BCUT2D eigenvalue weighted by Gasteiger charge is -2.44. The Labute approximate surface area is 240 Å². The summed E-state index contributed by atoms with van der Waals surface area (Å²) < 4.78 is 133. The summed E-state index contributed by atoms with van der Waals surface area (Å²) in [5, 5.41) is 0. The highest BCUT2D eigenvalue weighted by molar-refractivity contribution is 5.91. The number of anilines is 1. The molecule has 0 unspecified atom stereocenters. The first-order valence-corrected chi connectivity index (χ1v) is 13.1. The number of amides is 2. The van der Waals surface area contributed by atoms with Crippen molar-refractivity contribution >= 4 is 17.9 Å². The summed E-state index contributed by atoms with van der Waals surface area (Å²) in [6.07, 6.45) is -16.7. The van der Waals surface area contributed by atoms with Crippen LogP contribution in [-0.4, -0.2) is 36.3 Å². The Hall–Kier alpha value is -3.65. The van der Waals surface area contributed by atoms with Crippen LogP contribution in [0.4, 0.5) is 54.8 Å². The Balaban J connectivity index is 1.87. The van der Waals surface area contributed by atoms with Crippen LogP contribution in [0.1, 0.15) is 67.0 Å². The number of carbonyl (C=O) groups excluding carboxylic acids is 2. The normalized spacial score (nSPS) is 19.2. The highest BCUT2D eigenvalue weighted by Gasteiger charge is 2.48. The molecule has 1 heterocycles. The first kappa shape index (κ1) is 32.3. The van der Waals surface area contributed by atoms with Gasteiger partial charge in [-0.15, -0.1) is 0 Å². The molecule has 2 atom stereocenters. The molecular weight excluding hydrogens is 599 g/mol. The smallest absolute Gasteiger partial charge is 0.416 e. The second-order valence-electron chi connectivity index (χ2n) is 10.7. The van der Waals surface area contributed by atoms with Gasteiger partial charge in [0, 0.05) is 12.6 Å². The number of hydrogen-bond acceptors (Lipinski definition) is 4. The fraction of sp³-hybridized carbons (Fsp3) is 0.500. The number of carbonyl (C=O) groups is 2. The summed E-state index contributed by atoms with van der Waals surface area (Å²) >= 11 is 0. The van der Waals surface area contributed by atoms with E-state index in [1.165, 1.54) is 0 Å². The van der Waals surface area contributed by atoms with E-state index in [4.69, 9.17) is 9.47 Å². The Kier molecular flexibility index (Phi) is 8.59. The van der Waals surface area contributed by atoms with Gasteiger partial charge in [-0.2, -0.15) is 39.5 Å². The maximum Gasteiger partial charge on any atom is 0.416 e. The number of ether oxygens (including phenoxy) is 2. The molecule has 2 amide bonds. The molecule has 0 radical (unpaired) electrons. The summed E-state index contributed by atoms with van der Waals surface area (Å²) in [5.41, 5.74) is -5.06. The van der Waals surface area contributed by atoms with Gasteiger partial charge in [-0.3, -0.25) is 9.80 Å². The van der Waals surface area contributed by atoms with Crippen LogP contribution >= 0.6 is 0 Å². The zero-order valence-electron chi connectivity index (χ0n) is 23.0. The van der Waals surface area contributed by atoms with Crippen LogP contribution in [0.15, 0.2) is 36.4 Å². The largest absolute Gasteiger partial charge is 0.453 e. The van der Waals surface area contributed by atoms with Gasteiger partial charge >= 0.3 is 30.7 Å². The van der Waals surface area contributed by atoms with E-state index in [1.54, 1.807) is 13.8 Å². The van der Waals surface area contributed by atoms with Gasteiger partial charge in [0.25, 0.3) is 0 Å². The summed E-state index contributed by atoms with van der Waals surface area (Å²) in [6.45, 7) is 2.29. The van der Waals surface area contributed by atoms with Crippen molar-refractivity contribution in [2.24, 2.45) is 5.92 Å². The lowest BCUT2D eigenvalue weighted by Crippen LogP contribution is -2.50. The van der Waals surface area contributed by atoms with Crippen LogP contribution < -0.4 is 4.90 Å². The molecule has 4 rings (SSSR count). The van der Waals surface area contributed by atoms with Crippen LogP contribution in [0.2, 0.25) is 0 Å². The van der Waals surface area contributed by atoms with Crippen LogP contribution in [0.25, 0.3) is 0 Å². The molecule has 15 heteroatoms. The second kappa shape index (κ2) is 11.5. The third kappa shape index (κ3) is 7.12. The van der Waals surface area contributed by atoms with Gasteiger partial charge in [-0.05, 0) is 80.5 Å². The molecule has 0 N–H and O–H groups in total. The fourth-order valence-corrected chi connectivity index (χ4v) is 5.25. The predicted octanol–water partition coefficient (Wildman–Crippen LogP) is 8.59. The van der Waals surface area contributed by atoms with Crippen molar-refractivity contribution in [1.82, 2.24) is 4.90 Å². The number of methoxy groups -OCH3 is 1. The third-order valence-corrected chi connectivity index (χ3v) is 7.26. The van der Waals surface area contributed by atoms with Crippen molar-refractivity contribution in [3.8, 4) is 0 Å². The van der Waals surface area contributed by atoms with E-state index >= 15 is 0 Å². The molecule has 2 aromatic carbocycles. The molecule has 0 spiro atoms. The average molecular weight is 627 g/mol. The highest BCUT2D eigenvalue weighted by Crippen LogP contribution is 2.50. The lowest BCUT2D eigenvalue weighted by molar-refractivity contribution is -0.143. The summed E-state index contributed by atoms with van der Waals surface area (Å²) in [7, 11) is 0.948. The number of hydrogen-bond donors (Lipinski definition) is 0. The minimum atomic E-state index is -5.15. The van der Waals surface area contributed by atoms with Gasteiger partial charge in [0.15, 0.2) is 0 Å². The molecule has 1 fully saturated rings. The Morgan fingerprint density at radius 1 is 0.884 bits per heavy atom. The van der Waals surface area contributed by atoms with Crippen molar-refractivity contribution in [2.75, 3.05) is 12.0 Å². The predicted molar refractivity (Wildman–Crippen MR) is 134 cm³/mol. The number of halogens is 9. The van der Waals surface area contributed by atoms with Crippen LogP contribution in [0.5, 0.6) is 0 Å². The summed E-state index contributed by atoms with van der Waals surface area (Å²) in [5.74, 6) is -0.199. The lowest BCUT2D eigenvalue weighted by atomic mass is 9.87. The van der Waals surface area contributed by atoms with Gasteiger partial charge in [-0.1, -0.05) is 6.07 Å². The maximum absolute atomic E-state index is 13.8. The molecule has 43 heavy (non-hydrogen) atoms. The van der Waals surface area contributed by atoms with E-state index in [9.17, 15) is 49.1 Å². The van der Waals surface area contributed by atoms with Crippen molar-refractivity contribution in [2.45, 2.75) is 76.4 Å². The van der Waals surface area contributed by atoms with Crippen molar-refractivity contribution in [3.05, 3.63) is 64.2 Å². The summed E-state index contributed by atoms with van der Waals surface area (Å²) in [6, 6.07) is 1.39. The molecule has 1 aliphatic heterocycles. The van der Waals surface area contributed by atoms with E-state index in [0.717, 1.165) is 35.1 Å². The van der Waals surface area contributed by atoms with E-state index in [1.807, 2.05) is 0 Å². The molecule has 0 aromatic heterocycles. The number of fused-ring (bicyclic) bond motifs is 1. The van der Waals surface area contributed by atoms with Gasteiger partial charge in [0.05, 0.1) is 41.6 Å². The second-order valence-corrected chi connectivity index (χ2v) is 10.7. The minimum absolute atomic E-state index is 0.0130. The molecule has 236 valence electrons. The van der Waals surface area contributed by atoms with Crippen molar-refractivity contribution in [3.63, 3.8) is 0 Å². The zero-order valence-corrected chi connectivity index (χ0v) is 23.0. The SMILES string of the molecule is COC(=O)N(Cc1cc(C(F)(F)F)cc(C(F)(F)F)c1)[C@H]1C[C@@H](C2CC2)N(C(=O)OC(C)C)c2cc(C(F)(F)F)ccc21. The van der Waals surface area contributed by atoms with Gasteiger partial charge < -0.3 is 9.47 Å². The van der Waals surface area contributed by atoms with Crippen molar-refractivity contribution < 1.29 is 58.6 Å². The molecule has 2 aliphatic rings. The van der Waals surface area contributed by atoms with E-state index < -0.39 is 77.7 Å². The van der Waals surface area contributed by atoms with E-state index in [2.05, 4.69) is 0 Å². The van der Waals surface area contributed by atoms with Crippen LogP contribution in [0, 0.1) is 5.92 Å². The van der Waals surface area contributed by atoms with Crippen molar-refractivity contribution in [1.29, 1.82) is 0 Å². The standard InChI is InChI=1S/C28H27F9N2O4/c1-14(2)43-25(41)39-21(16-4-5-16)12-22(20-7-6-17(11-23(20)39)26(29,30)31)38(24(40)42-3)13-15-8-18(27(32,33)34)10-19(9-15)28(35,36)37/h6-11,14,16,21-22H,4-5,12-13H2,1-3H3/t21-,22-/m0/s1. The number of alkyl halides is 9. The van der Waals surface area contributed by atoms with Gasteiger partial charge in [0.1, 0.15) is 0 Å². The Morgan fingerprint density at radius 2 is 1.44 bits per heavy atom. The molecule has 2 aromatic rings. The highest BCUT2D eigenvalue weighted by atomic mass is 19.4. The third-order valence-electron chi connectivity index (χ3n) is 7.26. The molecule has 0 saturated heterocycles. The molecule has 6 nitrogen and oxygen atoms in total. The number of rotatable bonds is 5. The Morgan fingerprint density at radius 3 is 1.91 bits per heavy atom. The first-order valence-electron chi connectivity index (χ1n) is 13.1. The topological polar surface area (TPSA) is 59.1 Å². The van der Waals surface area contributed by atoms with E-state index in [-0.39, 0.29) is 29.7 Å². The first-order chi connectivity index (χ1) is 19.8. The minimum Gasteiger partial charge on any atom is -0.453 e. The van der Waals surface area contributed by atoms with Gasteiger partial charge in [0.2, 0.25) is 0 Å². The number of benzene rings is 2. The monoisotopic (exact) mass is 626 g/mol. The molecular formula is C28H27F9N2O4. The van der Waals surface area contributed by atoms with Gasteiger partial charge in [-0.25, -0.2) is 9.59 Å². The van der Waals surface area contributed by atoms with Crippen LogP contribution in [-0.2, 0) is 34.5 Å². The zero-order chi connectivity index (χ0) is 32.1.